The van der Waals surface area contributed by atoms with Gasteiger partial charge in [-0.25, -0.2) is 8.42 Å². The van der Waals surface area contributed by atoms with Gasteiger partial charge in [-0.15, -0.1) is 0 Å². The van der Waals surface area contributed by atoms with E-state index in [2.05, 4.69) is 46.0 Å². The SMILES string of the molecule is CCS(=O)(=O)N1CCN(c2ccc(C)c(Br)c2)CC1. The van der Waals surface area contributed by atoms with Crippen LogP contribution in [0.3, 0.4) is 0 Å². The number of nitrogens with zero attached hydrogens (tertiary/aromatic N) is 2. The van der Waals surface area contributed by atoms with E-state index in [1.165, 1.54) is 5.56 Å². The van der Waals surface area contributed by atoms with E-state index in [1.54, 1.807) is 11.2 Å². The summed E-state index contributed by atoms with van der Waals surface area (Å²) in [6.45, 7) is 6.38. The Balaban J connectivity index is 2.06. The Kier molecular flexibility index (Phi) is 4.53. The smallest absolute Gasteiger partial charge is 0.213 e. The van der Waals surface area contributed by atoms with Gasteiger partial charge < -0.3 is 4.90 Å². The van der Waals surface area contributed by atoms with Crippen LogP contribution < -0.4 is 4.90 Å². The van der Waals surface area contributed by atoms with Crippen LogP contribution in [0.15, 0.2) is 22.7 Å². The zero-order valence-electron chi connectivity index (χ0n) is 11.3. The molecule has 0 saturated carbocycles. The molecule has 1 saturated heterocycles. The molecule has 1 aliphatic rings. The molecule has 1 heterocycles. The first-order valence-electron chi connectivity index (χ1n) is 6.43. The van der Waals surface area contributed by atoms with Crippen LogP contribution in [0.4, 0.5) is 5.69 Å². The lowest BCUT2D eigenvalue weighted by atomic mass is 10.2. The summed E-state index contributed by atoms with van der Waals surface area (Å²) in [7, 11) is -3.04. The first-order valence-corrected chi connectivity index (χ1v) is 8.83. The molecule has 0 spiro atoms. The normalized spacial score (nSPS) is 17.7. The molecule has 2 rings (SSSR count). The Labute approximate surface area is 123 Å². The second-order valence-electron chi connectivity index (χ2n) is 4.72. The molecule has 0 radical (unpaired) electrons. The van der Waals surface area contributed by atoms with E-state index < -0.39 is 10.0 Å². The minimum atomic E-state index is -3.04. The highest BCUT2D eigenvalue weighted by Crippen LogP contribution is 2.24. The number of anilines is 1. The van der Waals surface area contributed by atoms with Gasteiger partial charge in [0.05, 0.1) is 5.75 Å². The Morgan fingerprint density at radius 1 is 1.21 bits per heavy atom. The highest BCUT2D eigenvalue weighted by atomic mass is 79.9. The molecule has 4 nitrogen and oxygen atoms in total. The summed E-state index contributed by atoms with van der Waals surface area (Å²) in [5.74, 6) is 0.184. The number of halogens is 1. The van der Waals surface area contributed by atoms with Crippen molar-refractivity contribution >= 4 is 31.6 Å². The summed E-state index contributed by atoms with van der Waals surface area (Å²) in [5.41, 5.74) is 2.35. The lowest BCUT2D eigenvalue weighted by Crippen LogP contribution is -2.49. The Morgan fingerprint density at radius 2 is 1.84 bits per heavy atom. The van der Waals surface area contributed by atoms with E-state index >= 15 is 0 Å². The number of hydrogen-bond acceptors (Lipinski definition) is 3. The molecule has 0 aliphatic carbocycles. The van der Waals surface area contributed by atoms with Crippen LogP contribution in [0.1, 0.15) is 12.5 Å². The predicted octanol–water partition coefficient (Wildman–Crippen LogP) is 2.23. The molecule has 0 bridgehead atoms. The van der Waals surface area contributed by atoms with Gasteiger partial charge in [-0.05, 0) is 31.5 Å². The van der Waals surface area contributed by atoms with Gasteiger partial charge in [-0.1, -0.05) is 22.0 Å². The standard InChI is InChI=1S/C13H19BrN2O2S/c1-3-19(17,18)16-8-6-15(7-9-16)12-5-4-11(2)13(14)10-12/h4-5,10H,3,6-9H2,1-2H3. The number of piperazine rings is 1. The third-order valence-electron chi connectivity index (χ3n) is 3.52. The quantitative estimate of drug-likeness (QED) is 0.842. The molecule has 0 atom stereocenters. The Bertz CT molecular complexity index is 552. The minimum Gasteiger partial charge on any atom is -0.369 e. The molecule has 19 heavy (non-hydrogen) atoms. The van der Waals surface area contributed by atoms with E-state index in [9.17, 15) is 8.42 Å². The molecule has 1 aliphatic heterocycles. The predicted molar refractivity (Wildman–Crippen MR) is 82.1 cm³/mol. The molecule has 106 valence electrons. The largest absolute Gasteiger partial charge is 0.369 e. The van der Waals surface area contributed by atoms with Gasteiger partial charge in [0, 0.05) is 36.3 Å². The number of hydrogen-bond donors (Lipinski definition) is 0. The number of benzene rings is 1. The van der Waals surface area contributed by atoms with Crippen LogP contribution in [-0.4, -0.2) is 44.7 Å². The fraction of sp³-hybridized carbons (Fsp3) is 0.538. The van der Waals surface area contributed by atoms with E-state index in [-0.39, 0.29) is 5.75 Å². The summed E-state index contributed by atoms with van der Waals surface area (Å²) >= 11 is 3.53. The van der Waals surface area contributed by atoms with Crippen molar-refractivity contribution in [3.63, 3.8) is 0 Å². The van der Waals surface area contributed by atoms with Crippen molar-refractivity contribution in [2.24, 2.45) is 0 Å². The van der Waals surface area contributed by atoms with Crippen LogP contribution in [0.5, 0.6) is 0 Å². The van der Waals surface area contributed by atoms with Crippen LogP contribution >= 0.6 is 15.9 Å². The highest BCUT2D eigenvalue weighted by Gasteiger charge is 2.25. The fourth-order valence-electron chi connectivity index (χ4n) is 2.19. The average molecular weight is 347 g/mol. The van der Waals surface area contributed by atoms with E-state index in [0.29, 0.717) is 13.1 Å². The van der Waals surface area contributed by atoms with Gasteiger partial charge in [-0.3, -0.25) is 0 Å². The molecule has 1 aromatic carbocycles. The van der Waals surface area contributed by atoms with Gasteiger partial charge >= 0.3 is 0 Å². The number of sulfonamides is 1. The molecule has 0 N–H and O–H groups in total. The first-order chi connectivity index (χ1) is 8.94. The van der Waals surface area contributed by atoms with Gasteiger partial charge in [0.1, 0.15) is 0 Å². The van der Waals surface area contributed by atoms with Crippen molar-refractivity contribution in [1.29, 1.82) is 0 Å². The molecule has 0 unspecified atom stereocenters. The second-order valence-corrected chi connectivity index (χ2v) is 7.83. The average Bonchev–Trinajstić information content (AvgIpc) is 2.42. The minimum absolute atomic E-state index is 0.184. The van der Waals surface area contributed by atoms with Crippen LogP contribution in [0.25, 0.3) is 0 Å². The lowest BCUT2D eigenvalue weighted by molar-refractivity contribution is 0.385. The third kappa shape index (κ3) is 3.30. The van der Waals surface area contributed by atoms with Crippen LogP contribution in [0.2, 0.25) is 0 Å². The molecule has 1 fully saturated rings. The maximum atomic E-state index is 11.8. The fourth-order valence-corrected chi connectivity index (χ4v) is 3.64. The molecule has 0 amide bonds. The van der Waals surface area contributed by atoms with Crippen molar-refractivity contribution in [1.82, 2.24) is 4.31 Å². The van der Waals surface area contributed by atoms with Crippen LogP contribution in [-0.2, 0) is 10.0 Å². The van der Waals surface area contributed by atoms with E-state index in [1.807, 2.05) is 0 Å². The Hall–Kier alpha value is -0.590. The van der Waals surface area contributed by atoms with Crippen molar-refractivity contribution < 1.29 is 8.42 Å². The molecule has 6 heteroatoms. The number of rotatable bonds is 3. The van der Waals surface area contributed by atoms with Gasteiger partial charge in [0.15, 0.2) is 0 Å². The summed E-state index contributed by atoms with van der Waals surface area (Å²) < 4.78 is 26.3. The van der Waals surface area contributed by atoms with Crippen molar-refractivity contribution in [2.75, 3.05) is 36.8 Å². The maximum absolute atomic E-state index is 11.8. The van der Waals surface area contributed by atoms with E-state index in [4.69, 9.17) is 0 Å². The van der Waals surface area contributed by atoms with Crippen molar-refractivity contribution in [2.45, 2.75) is 13.8 Å². The molecule has 1 aromatic rings. The third-order valence-corrected chi connectivity index (χ3v) is 6.25. The van der Waals surface area contributed by atoms with Crippen molar-refractivity contribution in [3.05, 3.63) is 28.2 Å². The molecular weight excluding hydrogens is 328 g/mol. The van der Waals surface area contributed by atoms with Gasteiger partial charge in [0.25, 0.3) is 0 Å². The van der Waals surface area contributed by atoms with Gasteiger partial charge in [0.2, 0.25) is 10.0 Å². The topological polar surface area (TPSA) is 40.6 Å². The monoisotopic (exact) mass is 346 g/mol. The molecular formula is C13H19BrN2O2S. The lowest BCUT2D eigenvalue weighted by Gasteiger charge is -2.35. The van der Waals surface area contributed by atoms with E-state index in [0.717, 1.165) is 23.2 Å². The van der Waals surface area contributed by atoms with Gasteiger partial charge in [-0.2, -0.15) is 4.31 Å². The zero-order valence-corrected chi connectivity index (χ0v) is 13.7. The summed E-state index contributed by atoms with van der Waals surface area (Å²) in [4.78, 5) is 2.23. The van der Waals surface area contributed by atoms with Crippen LogP contribution in [0, 0.1) is 6.92 Å². The summed E-state index contributed by atoms with van der Waals surface area (Å²) in [5, 5.41) is 0. The highest BCUT2D eigenvalue weighted by molar-refractivity contribution is 9.10. The summed E-state index contributed by atoms with van der Waals surface area (Å²) in [6, 6.07) is 6.26. The van der Waals surface area contributed by atoms with Crippen molar-refractivity contribution in [3.8, 4) is 0 Å². The maximum Gasteiger partial charge on any atom is 0.213 e. The first kappa shape index (κ1) is 14.8. The second kappa shape index (κ2) is 5.81. The number of aryl methyl sites for hydroxylation is 1. The zero-order chi connectivity index (χ0) is 14.0. The Morgan fingerprint density at radius 3 is 2.37 bits per heavy atom. The summed E-state index contributed by atoms with van der Waals surface area (Å²) in [6.07, 6.45) is 0. The molecule has 0 aromatic heterocycles.